The third kappa shape index (κ3) is 2.69. The Morgan fingerprint density at radius 1 is 1.23 bits per heavy atom. The zero-order valence-electron chi connectivity index (χ0n) is 11.1. The SMILES string of the molecule is O=C(NCc1cccs1)c1nc2ccccc2n1C(F)(F)F. The van der Waals surface area contributed by atoms with Gasteiger partial charge in [-0.25, -0.2) is 9.55 Å². The first kappa shape index (κ1) is 14.6. The van der Waals surface area contributed by atoms with Gasteiger partial charge in [-0.1, -0.05) is 18.2 Å². The van der Waals surface area contributed by atoms with Gasteiger partial charge in [-0.3, -0.25) is 4.79 Å². The van der Waals surface area contributed by atoms with Gasteiger partial charge in [-0.15, -0.1) is 24.5 Å². The van der Waals surface area contributed by atoms with Gasteiger partial charge >= 0.3 is 6.30 Å². The van der Waals surface area contributed by atoms with E-state index in [1.54, 1.807) is 18.2 Å². The highest BCUT2D eigenvalue weighted by molar-refractivity contribution is 7.09. The summed E-state index contributed by atoms with van der Waals surface area (Å²) in [5.74, 6) is -1.52. The van der Waals surface area contributed by atoms with Gasteiger partial charge < -0.3 is 5.32 Å². The van der Waals surface area contributed by atoms with Gasteiger partial charge in [0.15, 0.2) is 0 Å². The minimum absolute atomic E-state index is 0.00604. The van der Waals surface area contributed by atoms with Crippen molar-refractivity contribution in [2.24, 2.45) is 0 Å². The molecule has 0 aliphatic heterocycles. The number of aromatic nitrogens is 2. The van der Waals surface area contributed by atoms with Crippen LogP contribution in [0.3, 0.4) is 0 Å². The summed E-state index contributed by atoms with van der Waals surface area (Å²) in [6, 6.07) is 9.36. The highest BCUT2D eigenvalue weighted by Crippen LogP contribution is 2.29. The average molecular weight is 325 g/mol. The molecule has 3 aromatic rings. The van der Waals surface area contributed by atoms with Crippen molar-refractivity contribution in [2.45, 2.75) is 12.8 Å². The summed E-state index contributed by atoms with van der Waals surface area (Å²) in [6.07, 6.45) is -4.72. The van der Waals surface area contributed by atoms with E-state index in [0.717, 1.165) is 4.88 Å². The first-order valence-corrected chi connectivity index (χ1v) is 7.20. The van der Waals surface area contributed by atoms with Crippen LogP contribution in [-0.4, -0.2) is 15.5 Å². The molecule has 0 spiro atoms. The molecule has 2 aromatic heterocycles. The summed E-state index contributed by atoms with van der Waals surface area (Å²) in [4.78, 5) is 16.8. The van der Waals surface area contributed by atoms with Crippen molar-refractivity contribution in [3.63, 3.8) is 0 Å². The number of carbonyl (C=O) groups excluding carboxylic acids is 1. The molecular weight excluding hydrogens is 315 g/mol. The molecule has 22 heavy (non-hydrogen) atoms. The van der Waals surface area contributed by atoms with Crippen molar-refractivity contribution in [1.29, 1.82) is 0 Å². The Balaban J connectivity index is 1.97. The Morgan fingerprint density at radius 3 is 2.68 bits per heavy atom. The number of para-hydroxylation sites is 2. The number of rotatable bonds is 3. The summed E-state index contributed by atoms with van der Waals surface area (Å²) in [5.41, 5.74) is -0.0163. The molecule has 1 amide bonds. The number of nitrogens with one attached hydrogen (secondary N) is 1. The van der Waals surface area contributed by atoms with E-state index in [2.05, 4.69) is 10.3 Å². The molecule has 0 aliphatic carbocycles. The second kappa shape index (κ2) is 5.45. The molecule has 0 bridgehead atoms. The molecule has 0 radical (unpaired) electrons. The zero-order chi connectivity index (χ0) is 15.7. The molecule has 0 aliphatic rings. The van der Waals surface area contributed by atoms with Gasteiger partial charge in [0.25, 0.3) is 5.91 Å². The quantitative estimate of drug-likeness (QED) is 0.801. The highest BCUT2D eigenvalue weighted by atomic mass is 32.1. The van der Waals surface area contributed by atoms with Crippen molar-refractivity contribution >= 4 is 28.3 Å². The number of fused-ring (bicyclic) bond motifs is 1. The number of carbonyl (C=O) groups is 1. The number of hydrogen-bond acceptors (Lipinski definition) is 3. The van der Waals surface area contributed by atoms with Crippen LogP contribution in [-0.2, 0) is 12.8 Å². The fraction of sp³-hybridized carbons (Fsp3) is 0.143. The normalized spacial score (nSPS) is 11.8. The molecular formula is C14H10F3N3OS. The van der Waals surface area contributed by atoms with Crippen molar-refractivity contribution in [2.75, 3.05) is 0 Å². The van der Waals surface area contributed by atoms with E-state index in [1.807, 2.05) is 5.38 Å². The van der Waals surface area contributed by atoms with Crippen molar-refractivity contribution < 1.29 is 18.0 Å². The highest BCUT2D eigenvalue weighted by Gasteiger charge is 2.37. The third-order valence-electron chi connectivity index (χ3n) is 3.02. The summed E-state index contributed by atoms with van der Waals surface area (Å²) in [6.45, 7) is 0.164. The number of amides is 1. The van der Waals surface area contributed by atoms with Crippen LogP contribution in [0.5, 0.6) is 0 Å². The van der Waals surface area contributed by atoms with Gasteiger partial charge in [-0.05, 0) is 23.6 Å². The number of thiophene rings is 1. The maximum absolute atomic E-state index is 13.2. The van der Waals surface area contributed by atoms with E-state index < -0.39 is 18.0 Å². The Labute approximate surface area is 127 Å². The van der Waals surface area contributed by atoms with Gasteiger partial charge in [0.1, 0.15) is 0 Å². The molecule has 0 unspecified atom stereocenters. The summed E-state index contributed by atoms with van der Waals surface area (Å²) in [5, 5.41) is 4.29. The number of hydrogen-bond donors (Lipinski definition) is 1. The monoisotopic (exact) mass is 325 g/mol. The van der Waals surface area contributed by atoms with E-state index >= 15 is 0 Å². The van der Waals surface area contributed by atoms with Crippen LogP contribution >= 0.6 is 11.3 Å². The fourth-order valence-corrected chi connectivity index (χ4v) is 2.74. The smallest absolute Gasteiger partial charge is 0.344 e. The standard InChI is InChI=1S/C14H10F3N3OS/c15-14(16,17)20-11-6-2-1-5-10(11)19-12(20)13(21)18-8-9-4-3-7-22-9/h1-7H,8H2,(H,18,21). The molecule has 4 nitrogen and oxygen atoms in total. The summed E-state index contributed by atoms with van der Waals surface area (Å²) < 4.78 is 39.7. The van der Waals surface area contributed by atoms with Gasteiger partial charge in [0.2, 0.25) is 5.82 Å². The largest absolute Gasteiger partial charge is 0.490 e. The van der Waals surface area contributed by atoms with Crippen LogP contribution in [0.25, 0.3) is 11.0 Å². The minimum Gasteiger partial charge on any atom is -0.344 e. The molecule has 0 atom stereocenters. The number of benzene rings is 1. The van der Waals surface area contributed by atoms with Gasteiger partial charge in [0, 0.05) is 4.88 Å². The van der Waals surface area contributed by atoms with E-state index in [0.29, 0.717) is 0 Å². The fourth-order valence-electron chi connectivity index (χ4n) is 2.09. The van der Waals surface area contributed by atoms with Crippen LogP contribution in [0.2, 0.25) is 0 Å². The van der Waals surface area contributed by atoms with Crippen LogP contribution < -0.4 is 5.32 Å². The number of nitrogens with zero attached hydrogens (tertiary/aromatic N) is 2. The summed E-state index contributed by atoms with van der Waals surface area (Å²) >= 11 is 1.41. The Hall–Kier alpha value is -2.35. The van der Waals surface area contributed by atoms with Crippen molar-refractivity contribution in [3.05, 3.63) is 52.5 Å². The van der Waals surface area contributed by atoms with Crippen molar-refractivity contribution in [1.82, 2.24) is 14.9 Å². The van der Waals surface area contributed by atoms with Crippen molar-refractivity contribution in [3.8, 4) is 0 Å². The topological polar surface area (TPSA) is 46.9 Å². The van der Waals surface area contributed by atoms with Gasteiger partial charge in [-0.2, -0.15) is 0 Å². The number of imidazole rings is 1. The maximum Gasteiger partial charge on any atom is 0.490 e. The van der Waals surface area contributed by atoms with Crippen LogP contribution in [0.15, 0.2) is 41.8 Å². The molecule has 1 N–H and O–H groups in total. The second-order valence-corrected chi connectivity index (χ2v) is 5.52. The molecule has 0 saturated heterocycles. The average Bonchev–Trinajstić information content (AvgIpc) is 3.10. The molecule has 1 aromatic carbocycles. The molecule has 114 valence electrons. The minimum atomic E-state index is -4.72. The Bertz CT molecular complexity index is 808. The number of halogens is 3. The van der Waals surface area contributed by atoms with Gasteiger partial charge in [0.05, 0.1) is 17.6 Å². The lowest BCUT2D eigenvalue weighted by atomic mass is 10.3. The van der Waals surface area contributed by atoms with Crippen LogP contribution in [0, 0.1) is 0 Å². The predicted octanol–water partition coefficient (Wildman–Crippen LogP) is 3.50. The lowest BCUT2D eigenvalue weighted by Crippen LogP contribution is -2.30. The maximum atomic E-state index is 13.2. The van der Waals surface area contributed by atoms with E-state index in [4.69, 9.17) is 0 Å². The third-order valence-corrected chi connectivity index (χ3v) is 3.90. The molecule has 0 fully saturated rings. The van der Waals surface area contributed by atoms with Crippen LogP contribution in [0.1, 0.15) is 15.5 Å². The summed E-state index contributed by atoms with van der Waals surface area (Å²) in [7, 11) is 0. The predicted molar refractivity (Wildman–Crippen MR) is 76.5 cm³/mol. The number of alkyl halides is 3. The Kier molecular flexibility index (Phi) is 3.61. The molecule has 8 heteroatoms. The second-order valence-electron chi connectivity index (χ2n) is 4.49. The molecule has 0 saturated carbocycles. The first-order chi connectivity index (χ1) is 10.5. The molecule has 2 heterocycles. The first-order valence-electron chi connectivity index (χ1n) is 6.32. The Morgan fingerprint density at radius 2 is 2.00 bits per heavy atom. The molecule has 3 rings (SSSR count). The zero-order valence-corrected chi connectivity index (χ0v) is 11.9. The lowest BCUT2D eigenvalue weighted by molar-refractivity contribution is -0.201. The van der Waals surface area contributed by atoms with Crippen LogP contribution in [0.4, 0.5) is 13.2 Å². The van der Waals surface area contributed by atoms with E-state index in [9.17, 15) is 18.0 Å². The van der Waals surface area contributed by atoms with E-state index in [1.165, 1.54) is 29.5 Å². The lowest BCUT2D eigenvalue weighted by Gasteiger charge is -2.12. The van der Waals surface area contributed by atoms with E-state index in [-0.39, 0.29) is 22.1 Å².